The van der Waals surface area contributed by atoms with Crippen LogP contribution in [0.1, 0.15) is 47.0 Å². The molecule has 0 aromatic rings. The first-order valence-electron chi connectivity index (χ1n) is 17.3. The van der Waals surface area contributed by atoms with Crippen molar-refractivity contribution in [3.8, 4) is 0 Å². The number of carbonyl (C=O) groups is 1. The second-order valence-corrected chi connectivity index (χ2v) is 122. The molecule has 30 atom stereocenters. The molecule has 3 aliphatic carbocycles. The molecule has 1 spiro atoms. The third kappa shape index (κ3) is 14.1. The van der Waals surface area contributed by atoms with E-state index in [0.29, 0.717) is 20.8 Å². The lowest BCUT2D eigenvalue weighted by atomic mass is 9.46. The van der Waals surface area contributed by atoms with Gasteiger partial charge in [0.1, 0.15) is 5.60 Å². The van der Waals surface area contributed by atoms with Crippen LogP contribution in [0.15, 0.2) is 11.1 Å². The molecule has 1 aliphatic heterocycles. The molecule has 4 rings (SSSR count). The van der Waals surface area contributed by atoms with E-state index in [-0.39, 0.29) is 6.42 Å². The molecule has 60 heavy (non-hydrogen) atoms. The van der Waals surface area contributed by atoms with Crippen LogP contribution in [-0.2, 0) is 23.0 Å². The quantitative estimate of drug-likeness (QED) is 0.0699. The van der Waals surface area contributed by atoms with Crippen LogP contribution in [0.5, 0.6) is 0 Å². The molecule has 350 valence electrons. The van der Waals surface area contributed by atoms with Gasteiger partial charge in [0, 0.05) is 50.6 Å². The maximum Gasteiger partial charge on any atom is 0.509 e. The number of carbonyl (C=O) groups excluding carboxylic acids is 1. The van der Waals surface area contributed by atoms with Crippen molar-refractivity contribution in [3.05, 3.63) is 11.1 Å². The van der Waals surface area contributed by atoms with E-state index < -0.39 is 164 Å². The first-order valence-corrected chi connectivity index (χ1v) is 69.5. The highest BCUT2D eigenvalue weighted by Gasteiger charge is 2.76. The smallest absolute Gasteiger partial charge is 0.426 e. The summed E-state index contributed by atoms with van der Waals surface area (Å²) in [5.41, 5.74) is -3.09. The summed E-state index contributed by atoms with van der Waals surface area (Å²) in [6.45, 7) is 2.24. The van der Waals surface area contributed by atoms with Crippen molar-refractivity contribution in [2.75, 3.05) is 6.61 Å². The molecule has 0 radical (unpaired) electrons. The normalized spacial score (nSPS) is 35.6. The molecular formula is C21H62O9P30. The summed E-state index contributed by atoms with van der Waals surface area (Å²) in [6, 6.07) is 0. The van der Waals surface area contributed by atoms with Crippen molar-refractivity contribution in [1.82, 2.24) is 0 Å². The Labute approximate surface area is 412 Å². The zero-order valence-corrected chi connectivity index (χ0v) is 64.2. The van der Waals surface area contributed by atoms with Crippen LogP contribution in [0.25, 0.3) is 0 Å². The second kappa shape index (κ2) is 27.5. The van der Waals surface area contributed by atoms with E-state index in [1.807, 2.05) is 0 Å². The Morgan fingerprint density at radius 2 is 1.28 bits per heavy atom. The van der Waals surface area contributed by atoms with Crippen LogP contribution >= 0.6 is 243 Å². The fraction of sp³-hybridized carbons (Fsp3) is 0.857. The Hall–Kier alpha value is 11.7. The van der Waals surface area contributed by atoms with Gasteiger partial charge in [-0.05, 0) is 73.4 Å². The molecule has 0 amide bonds. The molecule has 39 heteroatoms. The van der Waals surface area contributed by atoms with Gasteiger partial charge >= 0.3 is 6.16 Å². The summed E-state index contributed by atoms with van der Waals surface area (Å²) in [7, 11) is 46.5. The molecule has 0 aromatic carbocycles. The van der Waals surface area contributed by atoms with Gasteiger partial charge < -0.3 is 38.4 Å². The van der Waals surface area contributed by atoms with E-state index in [9.17, 15) is 20.1 Å². The zero-order valence-electron chi connectivity index (χ0n) is 33.1. The minimum absolute atomic E-state index is 0.101. The van der Waals surface area contributed by atoms with Crippen molar-refractivity contribution in [2.45, 2.75) is 88.7 Å². The number of hydrogen-bond acceptors (Lipinski definition) is 9. The van der Waals surface area contributed by atoms with Gasteiger partial charge in [-0.3, -0.25) is 0 Å². The van der Waals surface area contributed by atoms with Crippen LogP contribution < -0.4 is 0 Å². The first-order chi connectivity index (χ1) is 27.6. The summed E-state index contributed by atoms with van der Waals surface area (Å²) >= 11 is 0. The fourth-order valence-corrected chi connectivity index (χ4v) is 204. The van der Waals surface area contributed by atoms with Gasteiger partial charge in [-0.25, -0.2) is 4.79 Å². The lowest BCUT2D eigenvalue weighted by Gasteiger charge is -2.64. The largest absolute Gasteiger partial charge is 0.509 e. The Morgan fingerprint density at radius 1 is 0.750 bits per heavy atom. The monoisotopic (exact) mass is 1390 g/mol. The highest BCUT2D eigenvalue weighted by atomic mass is 33.2. The third-order valence-electron chi connectivity index (χ3n) is 11.3. The number of fused-ring (bicyclic) bond motifs is 3. The molecule has 4 aliphatic rings. The van der Waals surface area contributed by atoms with E-state index in [2.05, 4.69) is 171 Å². The predicted molar refractivity (Wildman–Crippen MR) is 352 cm³/mol. The van der Waals surface area contributed by atoms with Gasteiger partial charge in [0.05, 0.1) is 53.6 Å². The first kappa shape index (κ1) is 64.2. The van der Waals surface area contributed by atoms with E-state index in [0.717, 1.165) is 11.1 Å². The average molecular weight is 1390 g/mol. The Morgan fingerprint density at radius 3 is 1.73 bits per heavy atom. The highest BCUT2D eigenvalue weighted by molar-refractivity contribution is 9.19. The molecule has 0 aromatic heterocycles. The van der Waals surface area contributed by atoms with Crippen LogP contribution in [0, 0.1) is 16.7 Å². The SMILES string of the molecule is CC1=C2[C@H](OP(P(P)P)P(PP)P(P)P)C[C@]3(C)[C@@H](OP(P(P)P)P(P)P)C[C@@H](O)[C@@](O)(CO)[C@H]3[C@@H]3OC(=O)O[C@@]3(C[C@@H]1OP(P(P)P(P)P)P(P(P)P)P(P)P)C2(C)C. The molecular weight excluding hydrogens is 1330 g/mol. The van der Waals surface area contributed by atoms with Crippen LogP contribution in [0.2, 0.25) is 0 Å². The van der Waals surface area contributed by atoms with Crippen LogP contribution in [-0.4, -0.2) is 69.8 Å². The Balaban J connectivity index is 2.15. The van der Waals surface area contributed by atoms with Crippen LogP contribution in [0.3, 0.4) is 0 Å². The van der Waals surface area contributed by atoms with Crippen molar-refractivity contribution < 1.29 is 43.2 Å². The lowest BCUT2D eigenvalue weighted by molar-refractivity contribution is -0.268. The van der Waals surface area contributed by atoms with Crippen LogP contribution in [0.4, 0.5) is 4.79 Å². The zero-order chi connectivity index (χ0) is 45.8. The molecule has 9 nitrogen and oxygen atoms in total. The second-order valence-electron chi connectivity index (χ2n) is 15.0. The Kier molecular flexibility index (Phi) is 29.4. The highest BCUT2D eigenvalue weighted by Crippen LogP contribution is 3.18. The molecule has 2 bridgehead atoms. The standard InChI is InChI=1S/C21H62O9P30/c1-9-10(28-50(58(46)54(38)39)60(56(42)43)57(44)45)7-21-16(26-17(24)27-21)15-19(4,13(5-12(23)20(15,25)8-22)30-48(51(32)33)52(34)35)6-11(14(9)18(21,2)3)29-49(53(36)37)59(47-31)55(40)41/h10-13,15-16,22-23,25,47H,5-8,31-46H2,1-4H3/t10-,11+,12+,13-,15-,16-,19+,20-,21+,49?,50?,58?,59?/m0/s1. The average Bonchev–Trinajstić information content (AvgIpc) is 3.44. The van der Waals surface area contributed by atoms with Crippen molar-refractivity contribution in [2.24, 2.45) is 16.7 Å². The molecule has 1 saturated heterocycles. The van der Waals surface area contributed by atoms with Gasteiger partial charge in [-0.1, -0.05) is 37.7 Å². The van der Waals surface area contributed by atoms with Gasteiger partial charge in [0.15, 0.2) is 11.7 Å². The number of hydrogen-bond donors (Lipinski definition) is 3. The minimum Gasteiger partial charge on any atom is -0.426 e. The predicted octanol–water partition coefficient (Wildman–Crippen LogP) is 18.1. The van der Waals surface area contributed by atoms with E-state index in [1.165, 1.54) is 0 Å². The summed E-state index contributed by atoms with van der Waals surface area (Å²) in [4.78, 5) is 14.1. The topological polar surface area (TPSA) is 124 Å². The summed E-state index contributed by atoms with van der Waals surface area (Å²) in [6.07, 6.45) is -3.95. The summed E-state index contributed by atoms with van der Waals surface area (Å²) in [5.74, 6) is -0.993. The van der Waals surface area contributed by atoms with Gasteiger partial charge in [-0.2, -0.15) is 0 Å². The summed E-state index contributed by atoms with van der Waals surface area (Å²) < 4.78 is 36.0. The number of ether oxygens (including phenoxy) is 2. The van der Waals surface area contributed by atoms with E-state index >= 15 is 0 Å². The molecule has 3 fully saturated rings. The van der Waals surface area contributed by atoms with Crippen molar-refractivity contribution in [1.29, 1.82) is 0 Å². The molecule has 2 saturated carbocycles. The van der Waals surface area contributed by atoms with Gasteiger partial charge in [-0.15, -0.1) is 134 Å². The van der Waals surface area contributed by atoms with Crippen molar-refractivity contribution in [3.63, 3.8) is 0 Å². The van der Waals surface area contributed by atoms with Gasteiger partial charge in [0.25, 0.3) is 0 Å². The molecule has 21 unspecified atom stereocenters. The van der Waals surface area contributed by atoms with E-state index in [4.69, 9.17) is 23.0 Å². The lowest BCUT2D eigenvalue weighted by Crippen LogP contribution is -2.74. The van der Waals surface area contributed by atoms with E-state index in [1.54, 1.807) is 0 Å². The number of rotatable bonds is 18. The maximum atomic E-state index is 14.1. The molecule has 1 heterocycles. The number of aliphatic hydroxyl groups is 3. The Bertz CT molecular complexity index is 1500. The summed E-state index contributed by atoms with van der Waals surface area (Å²) in [5, 5.41) is 36.4. The fourth-order valence-electron chi connectivity index (χ4n) is 8.77. The number of aliphatic hydroxyl groups excluding tert-OH is 2. The molecule has 3 N–H and O–H groups in total. The maximum absolute atomic E-state index is 14.1. The minimum atomic E-state index is -2.05. The van der Waals surface area contributed by atoms with Gasteiger partial charge in [0.2, 0.25) is 0 Å². The van der Waals surface area contributed by atoms with Crippen molar-refractivity contribution >= 4 is 249 Å². The third-order valence-corrected chi connectivity index (χ3v) is 152.